The lowest BCUT2D eigenvalue weighted by atomic mass is 10.0. The summed E-state index contributed by atoms with van der Waals surface area (Å²) in [4.78, 5) is 17.0. The molecule has 1 saturated heterocycles. The van der Waals surface area contributed by atoms with E-state index in [2.05, 4.69) is 16.5 Å². The van der Waals surface area contributed by atoms with Gasteiger partial charge in [0, 0.05) is 30.4 Å². The van der Waals surface area contributed by atoms with E-state index in [1.807, 2.05) is 49.4 Å². The zero-order valence-electron chi connectivity index (χ0n) is 20.9. The van der Waals surface area contributed by atoms with Crippen LogP contribution in [0.5, 0.6) is 17.5 Å². The Balaban J connectivity index is 1.33. The van der Waals surface area contributed by atoms with Crippen molar-refractivity contribution in [3.63, 3.8) is 0 Å². The summed E-state index contributed by atoms with van der Waals surface area (Å²) in [7, 11) is 0. The van der Waals surface area contributed by atoms with Gasteiger partial charge in [0.15, 0.2) is 5.65 Å². The highest BCUT2D eigenvalue weighted by Gasteiger charge is 2.29. The molecule has 1 aliphatic heterocycles. The van der Waals surface area contributed by atoms with Crippen molar-refractivity contribution in [3.8, 4) is 28.6 Å². The Labute approximate surface area is 215 Å². The van der Waals surface area contributed by atoms with Crippen LogP contribution in [0.2, 0.25) is 0 Å². The van der Waals surface area contributed by atoms with Gasteiger partial charge >= 0.3 is 0 Å². The number of amides is 1. The number of nitrogens with one attached hydrogen (secondary N) is 1. The number of aromatic nitrogens is 3. The summed E-state index contributed by atoms with van der Waals surface area (Å²) < 4.78 is 19.6. The molecule has 8 heteroatoms. The van der Waals surface area contributed by atoms with Crippen molar-refractivity contribution in [2.75, 3.05) is 25.1 Å². The topological polar surface area (TPSA) is 87.0 Å². The molecule has 1 saturated carbocycles. The van der Waals surface area contributed by atoms with Crippen molar-refractivity contribution in [2.45, 2.75) is 32.6 Å². The molecule has 0 atom stereocenters. The number of nitrogens with zero attached hydrogens (tertiary/aromatic N) is 3. The summed E-state index contributed by atoms with van der Waals surface area (Å²) in [5, 5.41) is 7.67. The molecule has 2 fully saturated rings. The lowest BCUT2D eigenvalue weighted by Gasteiger charge is -2.22. The minimum atomic E-state index is 0.0996. The van der Waals surface area contributed by atoms with E-state index in [0.717, 1.165) is 61.3 Å². The van der Waals surface area contributed by atoms with E-state index in [9.17, 15) is 4.79 Å². The number of benzene rings is 2. The summed E-state index contributed by atoms with van der Waals surface area (Å²) in [6.45, 7) is 4.11. The van der Waals surface area contributed by atoms with Gasteiger partial charge < -0.3 is 19.5 Å². The van der Waals surface area contributed by atoms with E-state index in [-0.39, 0.29) is 11.8 Å². The summed E-state index contributed by atoms with van der Waals surface area (Å²) in [5.41, 5.74) is 4.27. The van der Waals surface area contributed by atoms with E-state index >= 15 is 0 Å². The van der Waals surface area contributed by atoms with Crippen molar-refractivity contribution in [3.05, 3.63) is 66.4 Å². The molecule has 2 aromatic heterocycles. The molecular formula is C29H30N4O4. The normalized spacial score (nSPS) is 16.0. The maximum Gasteiger partial charge on any atom is 0.227 e. The predicted molar refractivity (Wildman–Crippen MR) is 140 cm³/mol. The van der Waals surface area contributed by atoms with E-state index in [1.54, 1.807) is 16.8 Å². The maximum absolute atomic E-state index is 12.2. The maximum atomic E-state index is 12.2. The van der Waals surface area contributed by atoms with Gasteiger partial charge in [0.2, 0.25) is 17.7 Å². The Morgan fingerprint density at radius 3 is 2.65 bits per heavy atom. The molecule has 190 valence electrons. The van der Waals surface area contributed by atoms with Gasteiger partial charge in [-0.05, 0) is 73.9 Å². The Hall–Kier alpha value is -3.91. The lowest BCUT2D eigenvalue weighted by Crippen LogP contribution is -2.22. The predicted octanol–water partition coefficient (Wildman–Crippen LogP) is 5.65. The molecule has 1 N–H and O–H groups in total. The molecule has 8 nitrogen and oxygen atoms in total. The zero-order chi connectivity index (χ0) is 25.2. The Bertz CT molecular complexity index is 1410. The van der Waals surface area contributed by atoms with Crippen molar-refractivity contribution >= 4 is 17.2 Å². The van der Waals surface area contributed by atoms with Crippen LogP contribution >= 0.6 is 0 Å². The second-order valence-electron chi connectivity index (χ2n) is 9.80. The molecule has 3 heterocycles. The van der Waals surface area contributed by atoms with Crippen LogP contribution in [0.3, 0.4) is 0 Å². The molecule has 2 aromatic carbocycles. The van der Waals surface area contributed by atoms with Gasteiger partial charge in [0.05, 0.1) is 18.9 Å². The lowest BCUT2D eigenvalue weighted by molar-refractivity contribution is -0.117. The van der Waals surface area contributed by atoms with Crippen LogP contribution in [-0.4, -0.2) is 40.3 Å². The van der Waals surface area contributed by atoms with E-state index in [4.69, 9.17) is 19.2 Å². The minimum absolute atomic E-state index is 0.0996. The molecule has 0 radical (unpaired) electrons. The number of rotatable bonds is 8. The summed E-state index contributed by atoms with van der Waals surface area (Å²) >= 11 is 0. The Morgan fingerprint density at radius 2 is 1.89 bits per heavy atom. The molecule has 4 aromatic rings. The Kier molecular flexibility index (Phi) is 6.49. The average molecular weight is 499 g/mol. The number of hydrogen-bond acceptors (Lipinski definition) is 6. The van der Waals surface area contributed by atoms with Gasteiger partial charge in [-0.1, -0.05) is 24.3 Å². The third kappa shape index (κ3) is 5.29. The van der Waals surface area contributed by atoms with E-state index in [1.165, 1.54) is 0 Å². The van der Waals surface area contributed by atoms with Crippen LogP contribution in [-0.2, 0) is 9.53 Å². The zero-order valence-corrected chi connectivity index (χ0v) is 20.9. The number of ether oxygens (including phenoxy) is 3. The standard InChI is InChI=1S/C29H30N4O4/c1-19-15-22(9-10-25(19)31-29(34)21-7-8-21)24-17-30-33-27(36-18-20-11-13-35-14-12-20)16-26(32-28(24)33)37-23-5-3-2-4-6-23/h2-6,9-10,15-17,20-21H,7-8,11-14,18H2,1H3,(H,31,34). The third-order valence-electron chi connectivity index (χ3n) is 6.93. The van der Waals surface area contributed by atoms with Crippen LogP contribution in [0.25, 0.3) is 16.8 Å². The van der Waals surface area contributed by atoms with Crippen LogP contribution in [0, 0.1) is 18.8 Å². The highest BCUT2D eigenvalue weighted by molar-refractivity contribution is 5.95. The number of carbonyl (C=O) groups excluding carboxylic acids is 1. The van der Waals surface area contributed by atoms with Crippen LogP contribution < -0.4 is 14.8 Å². The SMILES string of the molecule is Cc1cc(-c2cnn3c(OCC4CCOCC4)cc(Oc4ccccc4)nc23)ccc1NC(=O)C1CC1. The average Bonchev–Trinajstić information content (AvgIpc) is 3.69. The number of hydrogen-bond donors (Lipinski definition) is 1. The quantitative estimate of drug-likeness (QED) is 0.338. The molecule has 37 heavy (non-hydrogen) atoms. The van der Waals surface area contributed by atoms with Crippen LogP contribution in [0.1, 0.15) is 31.2 Å². The van der Waals surface area contributed by atoms with Gasteiger partial charge in [-0.15, -0.1) is 0 Å². The molecule has 6 rings (SSSR count). The first-order chi connectivity index (χ1) is 18.1. The minimum Gasteiger partial charge on any atom is -0.477 e. The number of carbonyl (C=O) groups is 1. The summed E-state index contributed by atoms with van der Waals surface area (Å²) in [5.74, 6) is 2.41. The van der Waals surface area contributed by atoms with Crippen molar-refractivity contribution in [1.29, 1.82) is 0 Å². The molecule has 0 spiro atoms. The van der Waals surface area contributed by atoms with Gasteiger partial charge in [-0.2, -0.15) is 14.6 Å². The van der Waals surface area contributed by atoms with Crippen molar-refractivity contribution in [1.82, 2.24) is 14.6 Å². The molecular weight excluding hydrogens is 468 g/mol. The van der Waals surface area contributed by atoms with Crippen molar-refractivity contribution < 1.29 is 19.0 Å². The summed E-state index contributed by atoms with van der Waals surface area (Å²) in [6.07, 6.45) is 5.71. The fourth-order valence-electron chi connectivity index (χ4n) is 4.55. The third-order valence-corrected chi connectivity index (χ3v) is 6.93. The number of anilines is 1. The van der Waals surface area contributed by atoms with Gasteiger partial charge in [-0.25, -0.2) is 0 Å². The van der Waals surface area contributed by atoms with Gasteiger partial charge in [0.25, 0.3) is 0 Å². The van der Waals surface area contributed by atoms with E-state index < -0.39 is 0 Å². The summed E-state index contributed by atoms with van der Waals surface area (Å²) in [6, 6.07) is 17.3. The molecule has 0 bridgehead atoms. The number of fused-ring (bicyclic) bond motifs is 1. The molecule has 1 amide bonds. The van der Waals surface area contributed by atoms with Crippen LogP contribution in [0.15, 0.2) is 60.8 Å². The highest BCUT2D eigenvalue weighted by atomic mass is 16.5. The monoisotopic (exact) mass is 498 g/mol. The fraction of sp³-hybridized carbons (Fsp3) is 0.345. The first-order valence-electron chi connectivity index (χ1n) is 12.9. The first kappa shape index (κ1) is 23.5. The van der Waals surface area contributed by atoms with Crippen molar-refractivity contribution in [2.24, 2.45) is 11.8 Å². The van der Waals surface area contributed by atoms with Gasteiger partial charge in [0.1, 0.15) is 5.75 Å². The number of para-hydroxylation sites is 1. The van der Waals surface area contributed by atoms with E-state index in [0.29, 0.717) is 35.7 Å². The van der Waals surface area contributed by atoms with Crippen LogP contribution in [0.4, 0.5) is 5.69 Å². The largest absolute Gasteiger partial charge is 0.477 e. The second-order valence-corrected chi connectivity index (χ2v) is 9.80. The highest BCUT2D eigenvalue weighted by Crippen LogP contribution is 2.34. The molecule has 2 aliphatic rings. The second kappa shape index (κ2) is 10.2. The molecule has 1 aliphatic carbocycles. The molecule has 0 unspecified atom stereocenters. The fourth-order valence-corrected chi connectivity index (χ4v) is 4.55. The first-order valence-corrected chi connectivity index (χ1v) is 12.9. The smallest absolute Gasteiger partial charge is 0.227 e. The number of aryl methyl sites for hydroxylation is 1. The Morgan fingerprint density at radius 1 is 1.08 bits per heavy atom. The van der Waals surface area contributed by atoms with Gasteiger partial charge in [-0.3, -0.25) is 4.79 Å².